The second kappa shape index (κ2) is 9.78. The fraction of sp³-hybridized carbons (Fsp3) is 0.350. The van der Waals surface area contributed by atoms with Gasteiger partial charge in [-0.1, -0.05) is 35.1 Å². The van der Waals surface area contributed by atoms with Crippen molar-refractivity contribution in [3.8, 4) is 0 Å². The highest BCUT2D eigenvalue weighted by Gasteiger charge is 2.25. The van der Waals surface area contributed by atoms with Gasteiger partial charge in [-0.3, -0.25) is 10.1 Å². The average Bonchev–Trinajstić information content (AvgIpc) is 3.24. The van der Waals surface area contributed by atoms with E-state index in [1.807, 2.05) is 24.0 Å². The minimum atomic E-state index is -3.22. The molecule has 0 bridgehead atoms. The van der Waals surface area contributed by atoms with Crippen molar-refractivity contribution >= 4 is 61.6 Å². The fourth-order valence-corrected chi connectivity index (χ4v) is 5.18. The number of amides is 1. The molecule has 3 aromatic rings. The minimum absolute atomic E-state index is 0.288. The lowest BCUT2D eigenvalue weighted by Crippen LogP contribution is -2.49. The second-order valence-electron chi connectivity index (χ2n) is 7.70. The summed E-state index contributed by atoms with van der Waals surface area (Å²) in [7, 11) is -3.22. The van der Waals surface area contributed by atoms with Gasteiger partial charge in [0.1, 0.15) is 10.7 Å². The zero-order valence-corrected chi connectivity index (χ0v) is 21.1. The molecule has 14 heteroatoms. The summed E-state index contributed by atoms with van der Waals surface area (Å²) in [5, 5.41) is 6.75. The molecule has 1 fully saturated rings. The predicted octanol–water partition coefficient (Wildman–Crippen LogP) is 2.68. The number of hydrogen-bond donors (Lipinski definition) is 2. The van der Waals surface area contributed by atoms with Crippen molar-refractivity contribution in [3.63, 3.8) is 0 Å². The molecule has 1 amide bonds. The summed E-state index contributed by atoms with van der Waals surface area (Å²) in [5.74, 6) is 0.919. The van der Waals surface area contributed by atoms with Crippen LogP contribution in [-0.2, 0) is 10.0 Å². The molecule has 180 valence electrons. The average molecular weight is 523 g/mol. The number of nitrogens with zero attached hydrogens (tertiary/aromatic N) is 6. The van der Waals surface area contributed by atoms with Gasteiger partial charge in [-0.25, -0.2) is 13.4 Å². The predicted molar refractivity (Wildman–Crippen MR) is 133 cm³/mol. The smallest absolute Gasteiger partial charge is 0.267 e. The Bertz CT molecular complexity index is 1300. The third-order valence-corrected chi connectivity index (χ3v) is 7.66. The van der Waals surface area contributed by atoms with Gasteiger partial charge in [-0.05, 0) is 25.5 Å². The van der Waals surface area contributed by atoms with Crippen LogP contribution in [0.5, 0.6) is 0 Å². The largest absolute Gasteiger partial charge is 0.338 e. The number of anilines is 4. The van der Waals surface area contributed by atoms with Crippen LogP contribution in [0.2, 0.25) is 5.02 Å². The van der Waals surface area contributed by atoms with Crippen molar-refractivity contribution in [3.05, 3.63) is 45.7 Å². The van der Waals surface area contributed by atoms with E-state index in [2.05, 4.69) is 30.6 Å². The van der Waals surface area contributed by atoms with E-state index in [0.29, 0.717) is 58.7 Å². The van der Waals surface area contributed by atoms with Gasteiger partial charge in [0.25, 0.3) is 5.91 Å². The fourth-order valence-electron chi connectivity index (χ4n) is 3.38. The van der Waals surface area contributed by atoms with Crippen molar-refractivity contribution in [2.75, 3.05) is 48.0 Å². The summed E-state index contributed by atoms with van der Waals surface area (Å²) >= 11 is 7.35. The number of hydrogen-bond acceptors (Lipinski definition) is 10. The first kappa shape index (κ1) is 24.3. The Labute approximate surface area is 206 Å². The van der Waals surface area contributed by atoms with E-state index >= 15 is 0 Å². The van der Waals surface area contributed by atoms with E-state index in [0.717, 1.165) is 16.9 Å². The Hall–Kier alpha value is -2.87. The van der Waals surface area contributed by atoms with Crippen LogP contribution in [0.3, 0.4) is 0 Å². The topological polar surface area (TPSA) is 133 Å². The number of piperazine rings is 1. The molecule has 2 N–H and O–H groups in total. The quantitative estimate of drug-likeness (QED) is 0.501. The molecule has 0 radical (unpaired) electrons. The second-order valence-corrected chi connectivity index (χ2v) is 11.1. The van der Waals surface area contributed by atoms with Gasteiger partial charge in [0.2, 0.25) is 21.9 Å². The van der Waals surface area contributed by atoms with E-state index in [1.165, 1.54) is 16.8 Å². The first-order chi connectivity index (χ1) is 16.1. The number of rotatable bonds is 6. The van der Waals surface area contributed by atoms with E-state index in [4.69, 9.17) is 11.6 Å². The van der Waals surface area contributed by atoms with Crippen LogP contribution < -0.4 is 15.5 Å². The summed E-state index contributed by atoms with van der Waals surface area (Å²) in [4.78, 5) is 32.4. The number of sulfonamides is 1. The molecule has 2 aromatic heterocycles. The van der Waals surface area contributed by atoms with Crippen LogP contribution in [-0.4, -0.2) is 71.0 Å². The van der Waals surface area contributed by atoms with Crippen molar-refractivity contribution in [1.82, 2.24) is 24.2 Å². The van der Waals surface area contributed by atoms with Crippen molar-refractivity contribution in [1.29, 1.82) is 0 Å². The molecule has 4 rings (SSSR count). The molecule has 0 unspecified atom stereocenters. The van der Waals surface area contributed by atoms with Gasteiger partial charge in [0, 0.05) is 26.2 Å². The number of carbonyl (C=O) groups excluding carboxylic acids is 1. The third-order valence-electron chi connectivity index (χ3n) is 5.13. The lowest BCUT2D eigenvalue weighted by molar-refractivity contribution is 0.103. The van der Waals surface area contributed by atoms with E-state index < -0.39 is 10.0 Å². The van der Waals surface area contributed by atoms with Crippen LogP contribution in [0.4, 0.5) is 22.7 Å². The lowest BCUT2D eigenvalue weighted by Gasteiger charge is -2.33. The maximum atomic E-state index is 12.7. The molecular formula is C20H23ClN8O3S2. The summed E-state index contributed by atoms with van der Waals surface area (Å²) in [6, 6.07) is 5.40. The van der Waals surface area contributed by atoms with E-state index in [1.54, 1.807) is 13.0 Å². The summed E-state index contributed by atoms with van der Waals surface area (Å²) in [6.45, 7) is 5.28. The molecule has 0 aliphatic carbocycles. The summed E-state index contributed by atoms with van der Waals surface area (Å²) < 4.78 is 24.9. The number of aromatic nitrogens is 4. The molecule has 1 saturated heterocycles. The number of benzene rings is 1. The molecule has 1 aromatic carbocycles. The lowest BCUT2D eigenvalue weighted by atomic mass is 10.2. The number of halogens is 1. The van der Waals surface area contributed by atoms with Crippen LogP contribution >= 0.6 is 22.9 Å². The zero-order chi connectivity index (χ0) is 24.5. The first-order valence-electron chi connectivity index (χ1n) is 10.3. The van der Waals surface area contributed by atoms with Crippen LogP contribution in [0.25, 0.3) is 0 Å². The van der Waals surface area contributed by atoms with E-state index in [-0.39, 0.29) is 11.9 Å². The number of thiazole rings is 1. The van der Waals surface area contributed by atoms with Gasteiger partial charge < -0.3 is 10.2 Å². The van der Waals surface area contributed by atoms with Gasteiger partial charge in [0.05, 0.1) is 23.2 Å². The van der Waals surface area contributed by atoms with Crippen molar-refractivity contribution in [2.24, 2.45) is 0 Å². The molecule has 34 heavy (non-hydrogen) atoms. The highest BCUT2D eigenvalue weighted by atomic mass is 35.5. The summed E-state index contributed by atoms with van der Waals surface area (Å²) in [6.07, 6.45) is 2.67. The van der Waals surface area contributed by atoms with Gasteiger partial charge in [0.15, 0.2) is 5.13 Å². The van der Waals surface area contributed by atoms with Crippen LogP contribution in [0.15, 0.2) is 24.4 Å². The zero-order valence-electron chi connectivity index (χ0n) is 18.7. The number of para-hydroxylation sites is 1. The SMILES string of the molecule is Cc1nc(Nc2ncc(C(=O)Nc3c(C)cccc3Cl)s2)nc(N2CCN(S(C)(=O)=O)CC2)n1. The van der Waals surface area contributed by atoms with Crippen LogP contribution in [0.1, 0.15) is 21.1 Å². The van der Waals surface area contributed by atoms with Gasteiger partial charge in [-0.15, -0.1) is 0 Å². The van der Waals surface area contributed by atoms with Gasteiger partial charge >= 0.3 is 0 Å². The molecule has 0 saturated carbocycles. The normalized spacial score (nSPS) is 14.8. The standard InChI is InChI=1S/C20H23ClN8O3S2/c1-12-5-4-6-14(21)16(12)25-17(30)15-11-22-20(33-15)27-18-23-13(2)24-19(26-18)28-7-9-29(10-8-28)34(3,31)32/h4-6,11H,7-10H2,1-3H3,(H,25,30)(H,22,23,24,26,27). The Kier molecular flexibility index (Phi) is 6.98. The monoisotopic (exact) mass is 522 g/mol. The van der Waals surface area contributed by atoms with E-state index in [9.17, 15) is 13.2 Å². The third kappa shape index (κ3) is 5.60. The maximum Gasteiger partial charge on any atom is 0.267 e. The number of carbonyl (C=O) groups is 1. The molecule has 1 aliphatic heterocycles. The van der Waals surface area contributed by atoms with Crippen molar-refractivity contribution in [2.45, 2.75) is 13.8 Å². The minimum Gasteiger partial charge on any atom is -0.338 e. The van der Waals surface area contributed by atoms with Crippen LogP contribution in [0, 0.1) is 13.8 Å². The number of aryl methyl sites for hydroxylation is 2. The Morgan fingerprint density at radius 2 is 1.85 bits per heavy atom. The Morgan fingerprint density at radius 3 is 2.53 bits per heavy atom. The first-order valence-corrected chi connectivity index (χ1v) is 13.4. The molecule has 1 aliphatic rings. The highest BCUT2D eigenvalue weighted by Crippen LogP contribution is 2.28. The number of nitrogens with one attached hydrogen (secondary N) is 2. The maximum absolute atomic E-state index is 12.7. The summed E-state index contributed by atoms with van der Waals surface area (Å²) in [5.41, 5.74) is 1.42. The Balaban J connectivity index is 1.45. The molecule has 11 nitrogen and oxygen atoms in total. The highest BCUT2D eigenvalue weighted by molar-refractivity contribution is 7.88. The molecule has 3 heterocycles. The molecular weight excluding hydrogens is 500 g/mol. The Morgan fingerprint density at radius 1 is 1.12 bits per heavy atom. The van der Waals surface area contributed by atoms with Gasteiger partial charge in [-0.2, -0.15) is 19.3 Å². The molecule has 0 spiro atoms. The molecule has 0 atom stereocenters. The van der Waals surface area contributed by atoms with Crippen molar-refractivity contribution < 1.29 is 13.2 Å².